The Hall–Kier alpha value is -9.56. The van der Waals surface area contributed by atoms with Gasteiger partial charge in [-0.25, -0.2) is 0 Å². The zero-order valence-corrected chi connectivity index (χ0v) is 39.6. The molecule has 1 heteroatoms. The van der Waals surface area contributed by atoms with Gasteiger partial charge in [-0.15, -0.1) is 0 Å². The Bertz CT molecular complexity index is 5090. The third-order valence-electron chi connectivity index (χ3n) is 16.6. The van der Waals surface area contributed by atoms with Crippen LogP contribution < -0.4 is 0 Å². The molecular weight excluding hydrogens is 879 g/mol. The highest BCUT2D eigenvalue weighted by Crippen LogP contribution is 2.54. The Morgan fingerprint density at radius 2 is 0.356 bits per heavy atom. The second kappa shape index (κ2) is 14.5. The van der Waals surface area contributed by atoms with Crippen molar-refractivity contribution in [3.63, 3.8) is 0 Å². The first kappa shape index (κ1) is 39.2. The summed E-state index contributed by atoms with van der Waals surface area (Å²) >= 11 is 0. The SMILES string of the molecule is c1ccc2c(c1)c1ccccc1c1cc3c(cc21)-c1ccc(-n2c4ccccc4c4ccccc42)cc1-c1cc2c4ccccc4c4ccccc4c2cc1-c1cc2c4ccccc4c4ccccc4c2cc1-3. The van der Waals surface area contributed by atoms with Crippen molar-refractivity contribution in [3.05, 3.63) is 249 Å². The molecule has 0 atom stereocenters. The first-order chi connectivity index (χ1) is 36.2. The highest BCUT2D eigenvalue weighted by molar-refractivity contribution is 6.31. The molecule has 0 radical (unpaired) electrons. The van der Waals surface area contributed by atoms with Crippen molar-refractivity contribution in [2.24, 2.45) is 0 Å². The average molecular weight is 920 g/mol. The molecule has 0 amide bonds. The number of fused-ring (bicyclic) bond motifs is 29. The number of hydrogen-bond donors (Lipinski definition) is 0. The molecule has 17 rings (SSSR count). The van der Waals surface area contributed by atoms with Crippen LogP contribution in [0.5, 0.6) is 0 Å². The number of nitrogens with zero attached hydrogens (tertiary/aromatic N) is 1. The highest BCUT2D eigenvalue weighted by Gasteiger charge is 2.28. The van der Waals surface area contributed by atoms with E-state index in [1.807, 2.05) is 0 Å². The van der Waals surface area contributed by atoms with Crippen molar-refractivity contribution < 1.29 is 0 Å². The summed E-state index contributed by atoms with van der Waals surface area (Å²) in [6.07, 6.45) is 0. The van der Waals surface area contributed by atoms with Gasteiger partial charge in [0.1, 0.15) is 0 Å². The lowest BCUT2D eigenvalue weighted by molar-refractivity contribution is 1.18. The van der Waals surface area contributed by atoms with Crippen molar-refractivity contribution in [1.82, 2.24) is 4.57 Å². The Labute approximate surface area is 420 Å². The summed E-state index contributed by atoms with van der Waals surface area (Å²) in [5.41, 5.74) is 13.4. The maximum absolute atomic E-state index is 2.56. The minimum Gasteiger partial charge on any atom is -0.309 e. The van der Waals surface area contributed by atoms with Gasteiger partial charge in [-0.3, -0.25) is 0 Å². The molecule has 0 N–H and O–H groups in total. The number of hydrogen-bond acceptors (Lipinski definition) is 0. The van der Waals surface area contributed by atoms with Crippen molar-refractivity contribution in [3.8, 4) is 50.2 Å². The molecule has 1 heterocycles. The summed E-state index contributed by atoms with van der Waals surface area (Å²) in [7, 11) is 0. The summed E-state index contributed by atoms with van der Waals surface area (Å²) in [6.45, 7) is 0. The fourth-order valence-corrected chi connectivity index (χ4v) is 13.5. The van der Waals surface area contributed by atoms with Crippen LogP contribution in [0.25, 0.3) is 169 Å². The second-order valence-electron chi connectivity index (χ2n) is 20.2. The van der Waals surface area contributed by atoms with Crippen LogP contribution in [0.3, 0.4) is 0 Å². The van der Waals surface area contributed by atoms with E-state index in [1.54, 1.807) is 0 Å². The van der Waals surface area contributed by atoms with Gasteiger partial charge in [-0.1, -0.05) is 188 Å². The molecule has 15 aromatic carbocycles. The third kappa shape index (κ3) is 5.30. The quantitative estimate of drug-likeness (QED) is 0.145. The molecule has 1 nitrogen and oxygen atoms in total. The molecule has 1 aliphatic carbocycles. The number of aromatic nitrogens is 1. The van der Waals surface area contributed by atoms with E-state index in [2.05, 4.69) is 253 Å². The number of para-hydroxylation sites is 2. The van der Waals surface area contributed by atoms with Gasteiger partial charge in [0.05, 0.1) is 11.0 Å². The van der Waals surface area contributed by atoms with E-state index in [0.717, 1.165) is 5.69 Å². The van der Waals surface area contributed by atoms with E-state index in [0.29, 0.717) is 0 Å². The van der Waals surface area contributed by atoms with Crippen LogP contribution in [-0.2, 0) is 0 Å². The molecule has 0 spiro atoms. The maximum Gasteiger partial charge on any atom is 0.0541 e. The Kier molecular flexibility index (Phi) is 7.79. The van der Waals surface area contributed by atoms with Crippen molar-refractivity contribution >= 4 is 119 Å². The van der Waals surface area contributed by atoms with Crippen LogP contribution in [0.2, 0.25) is 0 Å². The Balaban J connectivity index is 1.11. The summed E-state index contributed by atoms with van der Waals surface area (Å²) in [6, 6.07) is 94.4. The first-order valence-electron chi connectivity index (χ1n) is 25.5. The smallest absolute Gasteiger partial charge is 0.0541 e. The molecule has 0 fully saturated rings. The van der Waals surface area contributed by atoms with Gasteiger partial charge in [0.25, 0.3) is 0 Å². The largest absolute Gasteiger partial charge is 0.309 e. The number of benzene rings is 15. The zero-order chi connectivity index (χ0) is 47.5. The fraction of sp³-hybridized carbons (Fsp3) is 0. The minimum absolute atomic E-state index is 1.14. The van der Waals surface area contributed by atoms with E-state index in [1.165, 1.54) is 163 Å². The predicted molar refractivity (Wildman–Crippen MR) is 314 cm³/mol. The van der Waals surface area contributed by atoms with Gasteiger partial charge >= 0.3 is 0 Å². The lowest BCUT2D eigenvalue weighted by atomic mass is 9.77. The monoisotopic (exact) mass is 919 g/mol. The van der Waals surface area contributed by atoms with Gasteiger partial charge in [0.15, 0.2) is 0 Å². The van der Waals surface area contributed by atoms with Crippen LogP contribution in [0, 0.1) is 0 Å². The second-order valence-corrected chi connectivity index (χ2v) is 20.2. The topological polar surface area (TPSA) is 4.93 Å². The van der Waals surface area contributed by atoms with Gasteiger partial charge in [0, 0.05) is 16.5 Å². The lowest BCUT2D eigenvalue weighted by Crippen LogP contribution is -2.01. The molecule has 334 valence electrons. The molecule has 1 aliphatic rings. The molecule has 0 bridgehead atoms. The van der Waals surface area contributed by atoms with Gasteiger partial charge in [-0.05, 0) is 202 Å². The standard InChI is InChI=1S/C72H41N/c1-7-23-49-43(17-1)44-18-3-9-25-51(44)61-38-67-65(36-59(49)61)55-34-33-42(73-71-31-15-13-29-56(71)57-30-14-16-32-72(57)73)35-58(55)66-37-60-50-24-8-2-19-45(50)46-20-4-10-26-52(46)62(60)39-68(66)70-41-64-54-28-12-6-22-48(54)47-21-5-11-27-53(47)63(64)40-69(67)70/h1-41H. The molecule has 0 unspecified atom stereocenters. The molecule has 0 saturated heterocycles. The lowest BCUT2D eigenvalue weighted by Gasteiger charge is -2.27. The summed E-state index contributed by atoms with van der Waals surface area (Å²) < 4.78 is 2.48. The van der Waals surface area contributed by atoms with Crippen LogP contribution >= 0.6 is 0 Å². The molecule has 16 aromatic rings. The minimum atomic E-state index is 1.14. The van der Waals surface area contributed by atoms with Crippen LogP contribution in [0.1, 0.15) is 0 Å². The first-order valence-corrected chi connectivity index (χ1v) is 25.5. The molecule has 73 heavy (non-hydrogen) atoms. The van der Waals surface area contributed by atoms with Crippen LogP contribution in [0.15, 0.2) is 249 Å². The van der Waals surface area contributed by atoms with Gasteiger partial charge < -0.3 is 4.57 Å². The Morgan fingerprint density at radius 1 is 0.151 bits per heavy atom. The maximum atomic E-state index is 2.56. The average Bonchev–Trinajstić information content (AvgIpc) is 3.80. The zero-order valence-electron chi connectivity index (χ0n) is 39.6. The van der Waals surface area contributed by atoms with Crippen molar-refractivity contribution in [2.45, 2.75) is 0 Å². The number of rotatable bonds is 1. The normalized spacial score (nSPS) is 12.4. The van der Waals surface area contributed by atoms with Gasteiger partial charge in [-0.2, -0.15) is 0 Å². The van der Waals surface area contributed by atoms with E-state index in [9.17, 15) is 0 Å². The van der Waals surface area contributed by atoms with E-state index >= 15 is 0 Å². The van der Waals surface area contributed by atoms with Crippen molar-refractivity contribution in [2.75, 3.05) is 0 Å². The fourth-order valence-electron chi connectivity index (χ4n) is 13.5. The predicted octanol–water partition coefficient (Wildman–Crippen LogP) is 20.1. The van der Waals surface area contributed by atoms with Crippen LogP contribution in [-0.4, -0.2) is 4.57 Å². The van der Waals surface area contributed by atoms with E-state index in [4.69, 9.17) is 0 Å². The Morgan fingerprint density at radius 3 is 0.630 bits per heavy atom. The van der Waals surface area contributed by atoms with E-state index < -0.39 is 0 Å². The van der Waals surface area contributed by atoms with Crippen LogP contribution in [0.4, 0.5) is 0 Å². The summed E-state index contributed by atoms with van der Waals surface area (Å²) in [5.74, 6) is 0. The molecular formula is C72H41N. The third-order valence-corrected chi connectivity index (χ3v) is 16.6. The molecule has 0 aliphatic heterocycles. The van der Waals surface area contributed by atoms with Crippen molar-refractivity contribution in [1.29, 1.82) is 0 Å². The molecule has 1 aromatic heterocycles. The van der Waals surface area contributed by atoms with Gasteiger partial charge in [0.2, 0.25) is 0 Å². The summed E-state index contributed by atoms with van der Waals surface area (Å²) in [5, 5.41) is 25.4. The van der Waals surface area contributed by atoms with E-state index in [-0.39, 0.29) is 0 Å². The highest BCUT2D eigenvalue weighted by atomic mass is 15.0. The summed E-state index contributed by atoms with van der Waals surface area (Å²) in [4.78, 5) is 0. The molecule has 0 saturated carbocycles.